The van der Waals surface area contributed by atoms with Gasteiger partial charge in [-0.1, -0.05) is 13.8 Å². The van der Waals surface area contributed by atoms with Gasteiger partial charge in [0.2, 0.25) is 0 Å². The molecule has 0 bridgehead atoms. The van der Waals surface area contributed by atoms with Gasteiger partial charge in [0.1, 0.15) is 0 Å². The van der Waals surface area contributed by atoms with E-state index in [9.17, 15) is 15.0 Å². The first-order chi connectivity index (χ1) is 7.79. The van der Waals surface area contributed by atoms with E-state index >= 15 is 0 Å². The van der Waals surface area contributed by atoms with Gasteiger partial charge in [-0.2, -0.15) is 0 Å². The lowest BCUT2D eigenvalue weighted by molar-refractivity contribution is -0.199. The minimum Gasteiger partial charge on any atom is -0.479 e. The molecule has 0 aliphatic heterocycles. The first-order valence-corrected chi connectivity index (χ1v) is 6.39. The Bertz CT molecular complexity index is 277. The Labute approximate surface area is 103 Å². The van der Waals surface area contributed by atoms with Crippen molar-refractivity contribution in [2.24, 2.45) is 11.8 Å². The molecule has 0 spiro atoms. The Morgan fingerprint density at radius 3 is 2.41 bits per heavy atom. The Morgan fingerprint density at radius 2 is 2.00 bits per heavy atom. The van der Waals surface area contributed by atoms with Crippen LogP contribution in [0.3, 0.4) is 0 Å². The van der Waals surface area contributed by atoms with Crippen LogP contribution in [0.5, 0.6) is 0 Å². The predicted octanol–water partition coefficient (Wildman–Crippen LogP) is 2.05. The van der Waals surface area contributed by atoms with Crippen molar-refractivity contribution in [2.75, 3.05) is 0 Å². The molecule has 1 aliphatic carbocycles. The Kier molecular flexibility index (Phi) is 4.55. The first-order valence-electron chi connectivity index (χ1n) is 6.39. The molecule has 5 unspecified atom stereocenters. The summed E-state index contributed by atoms with van der Waals surface area (Å²) in [6, 6.07) is 0. The summed E-state index contributed by atoms with van der Waals surface area (Å²) >= 11 is 0. The number of hydrogen-bond acceptors (Lipinski definition) is 3. The lowest BCUT2D eigenvalue weighted by atomic mass is 9.72. The second-order valence-corrected chi connectivity index (χ2v) is 5.54. The van der Waals surface area contributed by atoms with E-state index in [1.54, 1.807) is 13.8 Å². The van der Waals surface area contributed by atoms with E-state index < -0.39 is 23.8 Å². The van der Waals surface area contributed by atoms with Crippen molar-refractivity contribution in [1.29, 1.82) is 0 Å². The first kappa shape index (κ1) is 14.5. The minimum absolute atomic E-state index is 0.0232. The molecule has 5 atom stereocenters. The number of hydrogen-bond donors (Lipinski definition) is 2. The topological polar surface area (TPSA) is 66.8 Å². The third kappa shape index (κ3) is 2.99. The molecule has 1 saturated carbocycles. The number of aliphatic carboxylic acids is 1. The largest absolute Gasteiger partial charge is 0.479 e. The molecule has 0 aromatic carbocycles. The number of carboxylic acid groups (broad SMARTS) is 1. The molecule has 0 amide bonds. The van der Waals surface area contributed by atoms with E-state index in [4.69, 9.17) is 4.74 Å². The van der Waals surface area contributed by atoms with Gasteiger partial charge in [-0.15, -0.1) is 0 Å². The van der Waals surface area contributed by atoms with E-state index in [-0.39, 0.29) is 5.92 Å². The fourth-order valence-electron chi connectivity index (χ4n) is 2.59. The molecule has 17 heavy (non-hydrogen) atoms. The smallest absolute Gasteiger partial charge is 0.336 e. The normalized spacial score (nSPS) is 37.5. The number of aliphatic hydroxyl groups excluding tert-OH is 1. The molecule has 0 aromatic rings. The summed E-state index contributed by atoms with van der Waals surface area (Å²) in [7, 11) is 0. The molecule has 0 saturated heterocycles. The molecule has 1 aliphatic rings. The summed E-state index contributed by atoms with van der Waals surface area (Å²) in [6.07, 6.45) is 1.14. The Hall–Kier alpha value is -0.610. The van der Waals surface area contributed by atoms with E-state index in [1.807, 2.05) is 6.92 Å². The standard InChI is InChI=1S/C13H24O4/c1-8-5-6-13(12(15)16,9(2)7-8)17-11(4)10(3)14/h8-11,14H,5-7H2,1-4H3,(H,15,16). The van der Waals surface area contributed by atoms with Gasteiger partial charge in [0.05, 0.1) is 12.2 Å². The summed E-state index contributed by atoms with van der Waals surface area (Å²) in [4.78, 5) is 11.5. The van der Waals surface area contributed by atoms with Crippen molar-refractivity contribution in [3.63, 3.8) is 0 Å². The third-order valence-corrected chi connectivity index (χ3v) is 4.00. The average molecular weight is 244 g/mol. The van der Waals surface area contributed by atoms with Crippen molar-refractivity contribution < 1.29 is 19.7 Å². The van der Waals surface area contributed by atoms with Crippen LogP contribution >= 0.6 is 0 Å². The van der Waals surface area contributed by atoms with Crippen molar-refractivity contribution in [1.82, 2.24) is 0 Å². The number of carbonyl (C=O) groups is 1. The summed E-state index contributed by atoms with van der Waals surface area (Å²) in [5.41, 5.74) is -1.12. The van der Waals surface area contributed by atoms with Gasteiger partial charge in [-0.05, 0) is 44.9 Å². The monoisotopic (exact) mass is 244 g/mol. The number of ether oxygens (including phenoxy) is 1. The van der Waals surface area contributed by atoms with Crippen LogP contribution in [0.1, 0.15) is 47.0 Å². The van der Waals surface area contributed by atoms with Gasteiger partial charge in [-0.3, -0.25) is 0 Å². The molecular weight excluding hydrogens is 220 g/mol. The van der Waals surface area contributed by atoms with Crippen LogP contribution in [0.15, 0.2) is 0 Å². The molecule has 0 heterocycles. The van der Waals surface area contributed by atoms with Gasteiger partial charge in [0.25, 0.3) is 0 Å². The summed E-state index contributed by atoms with van der Waals surface area (Å²) in [5.74, 6) is -0.378. The Balaban J connectivity index is 2.86. The van der Waals surface area contributed by atoms with Crippen molar-refractivity contribution in [3.8, 4) is 0 Å². The summed E-state index contributed by atoms with van der Waals surface area (Å²) in [5, 5.41) is 18.9. The maximum absolute atomic E-state index is 11.5. The molecule has 0 radical (unpaired) electrons. The van der Waals surface area contributed by atoms with E-state index in [2.05, 4.69) is 6.92 Å². The van der Waals surface area contributed by atoms with E-state index in [0.29, 0.717) is 12.3 Å². The predicted molar refractivity (Wildman–Crippen MR) is 64.8 cm³/mol. The zero-order chi connectivity index (χ0) is 13.2. The van der Waals surface area contributed by atoms with Crippen LogP contribution < -0.4 is 0 Å². The molecule has 1 fully saturated rings. The molecule has 4 heteroatoms. The van der Waals surface area contributed by atoms with Gasteiger partial charge in [-0.25, -0.2) is 4.79 Å². The summed E-state index contributed by atoms with van der Waals surface area (Å²) < 4.78 is 5.71. The number of aliphatic hydroxyl groups is 1. The number of carboxylic acids is 1. The highest BCUT2D eigenvalue weighted by Gasteiger charge is 2.49. The van der Waals surface area contributed by atoms with Crippen LogP contribution in [0.4, 0.5) is 0 Å². The number of rotatable bonds is 4. The van der Waals surface area contributed by atoms with Crippen LogP contribution in [0, 0.1) is 11.8 Å². The lowest BCUT2D eigenvalue weighted by Crippen LogP contribution is -2.53. The maximum atomic E-state index is 11.5. The van der Waals surface area contributed by atoms with Crippen LogP contribution in [-0.4, -0.2) is 34.0 Å². The second-order valence-electron chi connectivity index (χ2n) is 5.54. The highest BCUT2D eigenvalue weighted by Crippen LogP contribution is 2.40. The Morgan fingerprint density at radius 1 is 1.41 bits per heavy atom. The highest BCUT2D eigenvalue weighted by atomic mass is 16.5. The maximum Gasteiger partial charge on any atom is 0.336 e. The van der Waals surface area contributed by atoms with E-state index in [1.165, 1.54) is 0 Å². The quantitative estimate of drug-likeness (QED) is 0.794. The molecule has 4 nitrogen and oxygen atoms in total. The van der Waals surface area contributed by atoms with Crippen LogP contribution in [0.25, 0.3) is 0 Å². The van der Waals surface area contributed by atoms with Gasteiger partial charge >= 0.3 is 5.97 Å². The van der Waals surface area contributed by atoms with Crippen LogP contribution in [-0.2, 0) is 9.53 Å². The summed E-state index contributed by atoms with van der Waals surface area (Å²) in [6.45, 7) is 7.41. The third-order valence-electron chi connectivity index (χ3n) is 4.00. The SMILES string of the molecule is CC1CCC(OC(C)C(C)O)(C(=O)O)C(C)C1. The van der Waals surface area contributed by atoms with Gasteiger partial charge in [0, 0.05) is 0 Å². The van der Waals surface area contributed by atoms with Gasteiger partial charge < -0.3 is 14.9 Å². The average Bonchev–Trinajstić information content (AvgIpc) is 2.21. The molecule has 0 aromatic heterocycles. The van der Waals surface area contributed by atoms with Crippen molar-refractivity contribution in [3.05, 3.63) is 0 Å². The van der Waals surface area contributed by atoms with Crippen LogP contribution in [0.2, 0.25) is 0 Å². The lowest BCUT2D eigenvalue weighted by Gasteiger charge is -2.43. The van der Waals surface area contributed by atoms with Crippen molar-refractivity contribution in [2.45, 2.75) is 64.8 Å². The second kappa shape index (κ2) is 5.36. The van der Waals surface area contributed by atoms with E-state index in [0.717, 1.165) is 12.8 Å². The van der Waals surface area contributed by atoms with Crippen molar-refractivity contribution >= 4 is 5.97 Å². The zero-order valence-electron chi connectivity index (χ0n) is 11.1. The molecule has 100 valence electrons. The fourth-order valence-corrected chi connectivity index (χ4v) is 2.59. The fraction of sp³-hybridized carbons (Fsp3) is 0.923. The minimum atomic E-state index is -1.12. The molecule has 2 N–H and O–H groups in total. The molecule has 1 rings (SSSR count). The zero-order valence-corrected chi connectivity index (χ0v) is 11.1. The molecular formula is C13H24O4. The highest BCUT2D eigenvalue weighted by molar-refractivity contribution is 5.78. The van der Waals surface area contributed by atoms with Gasteiger partial charge in [0.15, 0.2) is 5.60 Å².